The van der Waals surface area contributed by atoms with Crippen LogP contribution in [-0.2, 0) is 33.4 Å². The van der Waals surface area contributed by atoms with Crippen LogP contribution in [0.1, 0.15) is 210 Å². The topological polar surface area (TPSA) is 136 Å². The van der Waals surface area contributed by atoms with Crippen LogP contribution < -0.4 is 0 Å². The third-order valence-electron chi connectivity index (χ3n) is 15.6. The van der Waals surface area contributed by atoms with Gasteiger partial charge < -0.3 is 24.4 Å². The van der Waals surface area contributed by atoms with Gasteiger partial charge in [-0.05, 0) is 49.2 Å². The molecule has 9 nitrogen and oxygen atoms in total. The molecule has 0 aromatic heterocycles. The number of aliphatic hydroxyl groups excluding tert-OH is 1. The van der Waals surface area contributed by atoms with Crippen molar-refractivity contribution in [3.05, 3.63) is 23.3 Å². The van der Waals surface area contributed by atoms with Crippen LogP contribution in [0.4, 0.5) is 0 Å². The number of aliphatic hydroxyl groups is 2. The molecule has 2 saturated carbocycles. The number of carbonyl (C=O) groups is 4. The van der Waals surface area contributed by atoms with Crippen molar-refractivity contribution in [3.8, 4) is 0 Å². The Morgan fingerprint density at radius 1 is 0.770 bits per heavy atom. The van der Waals surface area contributed by atoms with E-state index in [1.807, 2.05) is 34.6 Å². The van der Waals surface area contributed by atoms with Crippen molar-refractivity contribution in [1.82, 2.24) is 0 Å². The summed E-state index contributed by atoms with van der Waals surface area (Å²) in [5.41, 5.74) is -4.88. The van der Waals surface area contributed by atoms with Crippen molar-refractivity contribution in [2.75, 3.05) is 6.61 Å². The summed E-state index contributed by atoms with van der Waals surface area (Å²) >= 11 is 0. The van der Waals surface area contributed by atoms with Gasteiger partial charge in [-0.2, -0.15) is 0 Å². The minimum Gasteiger partial charge on any atom is -0.461 e. The first-order valence-corrected chi connectivity index (χ1v) is 24.9. The highest BCUT2D eigenvalue weighted by atomic mass is 16.6. The number of hydrogen-bond donors (Lipinski definition) is 2. The number of fused-ring (bicyclic) bond motifs is 3. The predicted octanol–water partition coefficient (Wildman–Crippen LogP) is 11.5. The highest BCUT2D eigenvalue weighted by Crippen LogP contribution is 2.75. The zero-order chi connectivity index (χ0) is 45.0. The number of esters is 3. The molecule has 4 aliphatic carbocycles. The van der Waals surface area contributed by atoms with Gasteiger partial charge in [0, 0.05) is 30.1 Å². The first kappa shape index (κ1) is 51.1. The second-order valence-corrected chi connectivity index (χ2v) is 20.7. The van der Waals surface area contributed by atoms with Gasteiger partial charge in [-0.1, -0.05) is 183 Å². The van der Waals surface area contributed by atoms with Gasteiger partial charge in [0.15, 0.2) is 17.5 Å². The SMILES string of the molecule is CCCCCCCCCCCCCC(=O)OCC1=CC2C(=O)C3(C=C(C)C(OC(=O)C(C)C(C)C)C3(O)C1O)C(C)CC1(OC(=O)CCCCCCCCCCC)C2C1(C)C. The number of hydrogen-bond acceptors (Lipinski definition) is 9. The number of ketones is 1. The molecule has 2 bridgehead atoms. The molecule has 0 amide bonds. The molecule has 0 radical (unpaired) electrons. The third-order valence-corrected chi connectivity index (χ3v) is 15.6. The quantitative estimate of drug-likeness (QED) is 0.0341. The lowest BCUT2D eigenvalue weighted by atomic mass is 9.59. The maximum absolute atomic E-state index is 15.4. The summed E-state index contributed by atoms with van der Waals surface area (Å²) in [6.07, 6.45) is 24.2. The lowest BCUT2D eigenvalue weighted by Gasteiger charge is -2.49. The molecular weight excluding hydrogens is 769 g/mol. The van der Waals surface area contributed by atoms with Crippen molar-refractivity contribution in [2.45, 2.75) is 233 Å². The Bertz CT molecular complexity index is 1530. The molecule has 61 heavy (non-hydrogen) atoms. The van der Waals surface area contributed by atoms with E-state index in [-0.39, 0.29) is 42.7 Å². The van der Waals surface area contributed by atoms with E-state index in [2.05, 4.69) is 13.8 Å². The second-order valence-electron chi connectivity index (χ2n) is 20.7. The molecule has 0 aliphatic heterocycles. The first-order valence-electron chi connectivity index (χ1n) is 24.9. The monoisotopic (exact) mass is 855 g/mol. The fraction of sp³-hybridized carbons (Fsp3) is 0.846. The molecule has 4 aliphatic rings. The Hall–Kier alpha value is -2.52. The van der Waals surface area contributed by atoms with Gasteiger partial charge in [0.2, 0.25) is 0 Å². The van der Waals surface area contributed by atoms with E-state index in [0.29, 0.717) is 18.4 Å². The molecule has 0 aromatic carbocycles. The van der Waals surface area contributed by atoms with E-state index in [1.165, 1.54) is 83.5 Å². The molecule has 348 valence electrons. The lowest BCUT2D eigenvalue weighted by molar-refractivity contribution is -0.207. The fourth-order valence-corrected chi connectivity index (χ4v) is 11.4. The van der Waals surface area contributed by atoms with Crippen LogP contribution in [0.2, 0.25) is 0 Å². The maximum atomic E-state index is 15.4. The number of rotatable bonds is 28. The first-order chi connectivity index (χ1) is 29.0. The highest BCUT2D eigenvalue weighted by molar-refractivity contribution is 5.96. The summed E-state index contributed by atoms with van der Waals surface area (Å²) in [7, 11) is 0. The Balaban J connectivity index is 1.53. The van der Waals surface area contributed by atoms with Gasteiger partial charge in [0.05, 0.1) is 11.3 Å². The van der Waals surface area contributed by atoms with Gasteiger partial charge in [-0.25, -0.2) is 0 Å². The molecule has 2 N–H and O–H groups in total. The van der Waals surface area contributed by atoms with Crippen molar-refractivity contribution < 1.29 is 43.6 Å². The van der Waals surface area contributed by atoms with Crippen molar-refractivity contribution in [1.29, 1.82) is 0 Å². The Morgan fingerprint density at radius 3 is 1.74 bits per heavy atom. The molecular formula is C52H86O9. The van der Waals surface area contributed by atoms with Gasteiger partial charge in [-0.3, -0.25) is 19.2 Å². The Morgan fingerprint density at radius 2 is 1.25 bits per heavy atom. The molecule has 9 heteroatoms. The Kier molecular flexibility index (Phi) is 19.2. The minimum atomic E-state index is -2.30. The van der Waals surface area contributed by atoms with Crippen molar-refractivity contribution >= 4 is 23.7 Å². The number of unbranched alkanes of at least 4 members (excludes halogenated alkanes) is 18. The third kappa shape index (κ3) is 11.2. The second kappa shape index (κ2) is 22.9. The van der Waals surface area contributed by atoms with Crippen molar-refractivity contribution in [3.63, 3.8) is 0 Å². The zero-order valence-corrected chi connectivity index (χ0v) is 39.9. The van der Waals surface area contributed by atoms with Crippen LogP contribution in [0.3, 0.4) is 0 Å². The predicted molar refractivity (Wildman–Crippen MR) is 241 cm³/mol. The van der Waals surface area contributed by atoms with E-state index in [9.17, 15) is 24.6 Å². The van der Waals surface area contributed by atoms with E-state index in [0.717, 1.165) is 38.5 Å². The van der Waals surface area contributed by atoms with Crippen LogP contribution in [0.25, 0.3) is 0 Å². The van der Waals surface area contributed by atoms with Crippen LogP contribution in [0.15, 0.2) is 23.3 Å². The summed E-state index contributed by atoms with van der Waals surface area (Å²) < 4.78 is 18.5. The lowest BCUT2D eigenvalue weighted by Crippen LogP contribution is -2.66. The summed E-state index contributed by atoms with van der Waals surface area (Å²) in [4.78, 5) is 55.9. The van der Waals surface area contributed by atoms with Gasteiger partial charge >= 0.3 is 17.9 Å². The highest BCUT2D eigenvalue weighted by Gasteiger charge is 2.83. The van der Waals surface area contributed by atoms with Crippen molar-refractivity contribution in [2.24, 2.45) is 40.4 Å². The van der Waals surface area contributed by atoms with Gasteiger partial charge in [0.25, 0.3) is 0 Å². The van der Waals surface area contributed by atoms with E-state index < -0.39 is 69.9 Å². The average Bonchev–Trinajstić information content (AvgIpc) is 3.61. The number of allylic oxidation sites excluding steroid dienone is 1. The van der Waals surface area contributed by atoms with Gasteiger partial charge in [-0.15, -0.1) is 0 Å². The summed E-state index contributed by atoms with van der Waals surface area (Å²) in [6.45, 7) is 17.4. The van der Waals surface area contributed by atoms with Gasteiger partial charge in [0.1, 0.15) is 18.3 Å². The molecule has 1 spiro atoms. The molecule has 0 saturated heterocycles. The maximum Gasteiger partial charge on any atom is 0.309 e. The molecule has 0 heterocycles. The summed E-state index contributed by atoms with van der Waals surface area (Å²) in [5.74, 6) is -3.98. The smallest absolute Gasteiger partial charge is 0.309 e. The molecule has 4 rings (SSSR count). The standard InChI is InChI=1S/C52H86O9/c1-10-12-14-16-18-20-21-23-24-26-28-30-42(53)59-35-40-32-41-44-49(8,9)51(44,61-43(54)31-29-27-25-22-19-17-15-13-11-2)34-38(6)50(46(41)56)33-37(5)47(52(50,58)45(40)55)60-48(57)39(7)36(3)4/h32-33,36,38-39,41,44-45,47,55,58H,10-31,34-35H2,1-9H3. The fourth-order valence-electron chi connectivity index (χ4n) is 11.4. The largest absolute Gasteiger partial charge is 0.461 e. The minimum absolute atomic E-state index is 0.0432. The van der Waals surface area contributed by atoms with Crippen LogP contribution >= 0.6 is 0 Å². The number of ether oxygens (including phenoxy) is 3. The number of Topliss-reactive ketones (excluding diaryl/α,β-unsaturated/α-hetero) is 1. The van der Waals surface area contributed by atoms with Crippen LogP contribution in [0.5, 0.6) is 0 Å². The average molecular weight is 855 g/mol. The van der Waals surface area contributed by atoms with Crippen LogP contribution in [-0.4, -0.2) is 63.9 Å². The molecule has 9 atom stereocenters. The summed E-state index contributed by atoms with van der Waals surface area (Å²) in [6, 6.07) is 0. The molecule has 2 fully saturated rings. The summed E-state index contributed by atoms with van der Waals surface area (Å²) in [5, 5.41) is 25.7. The van der Waals surface area contributed by atoms with E-state index in [4.69, 9.17) is 14.2 Å². The Labute approximate surface area is 370 Å². The normalized spacial score (nSPS) is 30.4. The van der Waals surface area contributed by atoms with Crippen LogP contribution in [0, 0.1) is 40.4 Å². The van der Waals surface area contributed by atoms with E-state index in [1.54, 1.807) is 26.0 Å². The zero-order valence-electron chi connectivity index (χ0n) is 39.9. The molecule has 0 aromatic rings. The number of carbonyl (C=O) groups excluding carboxylic acids is 4. The molecule has 9 unspecified atom stereocenters. The van der Waals surface area contributed by atoms with E-state index >= 15 is 4.79 Å².